The van der Waals surface area contributed by atoms with E-state index in [4.69, 9.17) is 37.0 Å². The van der Waals surface area contributed by atoms with Crippen molar-refractivity contribution < 1.29 is 80.2 Å². The highest BCUT2D eigenvalue weighted by atomic mass is 31.2. The van der Waals surface area contributed by atoms with Crippen LogP contribution in [0, 0.1) is 23.7 Å². The quantitative estimate of drug-likeness (QED) is 0.0222. The molecule has 0 saturated heterocycles. The van der Waals surface area contributed by atoms with Gasteiger partial charge in [-0.15, -0.1) is 0 Å². The maximum atomic E-state index is 13.0. The van der Waals surface area contributed by atoms with Crippen molar-refractivity contribution in [1.29, 1.82) is 0 Å². The lowest BCUT2D eigenvalue weighted by molar-refractivity contribution is -0.161. The molecule has 0 aliphatic heterocycles. The van der Waals surface area contributed by atoms with Crippen molar-refractivity contribution in [3.63, 3.8) is 0 Å². The third-order valence-corrected chi connectivity index (χ3v) is 18.2. The van der Waals surface area contributed by atoms with Crippen molar-refractivity contribution in [1.82, 2.24) is 0 Å². The van der Waals surface area contributed by atoms with Gasteiger partial charge in [0.25, 0.3) is 0 Å². The van der Waals surface area contributed by atoms with Gasteiger partial charge in [0.15, 0.2) is 12.2 Å². The molecule has 19 heteroatoms. The first-order valence-corrected chi connectivity index (χ1v) is 39.7. The second-order valence-corrected chi connectivity index (χ2v) is 30.4. The molecule has 2 unspecified atom stereocenters. The van der Waals surface area contributed by atoms with Crippen LogP contribution in [0.5, 0.6) is 0 Å². The highest BCUT2D eigenvalue weighted by molar-refractivity contribution is 7.47. The van der Waals surface area contributed by atoms with Gasteiger partial charge < -0.3 is 33.8 Å². The molecule has 0 aliphatic rings. The van der Waals surface area contributed by atoms with Crippen LogP contribution in [-0.2, 0) is 65.4 Å². The van der Waals surface area contributed by atoms with Gasteiger partial charge in [-0.2, -0.15) is 0 Å². The van der Waals surface area contributed by atoms with Crippen molar-refractivity contribution in [2.45, 2.75) is 369 Å². The van der Waals surface area contributed by atoms with Crippen molar-refractivity contribution in [3.05, 3.63) is 0 Å². The molecule has 0 aromatic heterocycles. The van der Waals surface area contributed by atoms with Crippen molar-refractivity contribution in [3.8, 4) is 0 Å². The first-order valence-electron chi connectivity index (χ1n) is 36.7. The molecule has 0 spiro atoms. The Morgan fingerprint density at radius 3 is 0.689 bits per heavy atom. The third kappa shape index (κ3) is 64.8. The zero-order chi connectivity index (χ0) is 66.8. The predicted octanol–water partition coefficient (Wildman–Crippen LogP) is 20.1. The van der Waals surface area contributed by atoms with E-state index in [1.165, 1.54) is 148 Å². The summed E-state index contributed by atoms with van der Waals surface area (Å²) < 4.78 is 68.3. The highest BCUT2D eigenvalue weighted by Crippen LogP contribution is 2.45. The number of rotatable bonds is 68. The summed E-state index contributed by atoms with van der Waals surface area (Å²) in [6, 6.07) is 0. The maximum Gasteiger partial charge on any atom is 0.472 e. The smallest absolute Gasteiger partial charge is 0.462 e. The monoisotopic (exact) mass is 1320 g/mol. The number of phosphoric acid groups is 2. The summed E-state index contributed by atoms with van der Waals surface area (Å²) in [7, 11) is -9.90. The van der Waals surface area contributed by atoms with Crippen LogP contribution in [0.3, 0.4) is 0 Å². The molecule has 0 bridgehead atoms. The summed E-state index contributed by atoms with van der Waals surface area (Å²) in [5.74, 6) is 0.823. The van der Waals surface area contributed by atoms with Gasteiger partial charge in [-0.25, -0.2) is 9.13 Å². The lowest BCUT2D eigenvalue weighted by atomic mass is 10.0. The molecule has 0 fully saturated rings. The van der Waals surface area contributed by atoms with Crippen LogP contribution >= 0.6 is 15.6 Å². The van der Waals surface area contributed by atoms with Gasteiger partial charge in [0.2, 0.25) is 0 Å². The second kappa shape index (κ2) is 60.7. The minimum Gasteiger partial charge on any atom is -0.462 e. The molecule has 0 aliphatic carbocycles. The Kier molecular flexibility index (Phi) is 59.4. The average Bonchev–Trinajstić information content (AvgIpc) is 3.70. The Hall–Kier alpha value is -1.94. The lowest BCUT2D eigenvalue weighted by Gasteiger charge is -2.21. The molecule has 0 rings (SSSR count). The van der Waals surface area contributed by atoms with E-state index in [0.29, 0.717) is 31.6 Å². The zero-order valence-corrected chi connectivity index (χ0v) is 60.6. The van der Waals surface area contributed by atoms with Crippen LogP contribution in [-0.4, -0.2) is 96.7 Å². The number of phosphoric ester groups is 2. The predicted molar refractivity (Wildman–Crippen MR) is 363 cm³/mol. The molecular formula is C71H138O17P2. The number of esters is 4. The number of unbranched alkanes of at least 4 members (excludes halogenated alkanes) is 34. The molecular weight excluding hydrogens is 1190 g/mol. The number of carbonyl (C=O) groups is 4. The van der Waals surface area contributed by atoms with E-state index >= 15 is 0 Å². The Morgan fingerprint density at radius 2 is 0.467 bits per heavy atom. The molecule has 0 aromatic rings. The van der Waals surface area contributed by atoms with Gasteiger partial charge >= 0.3 is 39.5 Å². The van der Waals surface area contributed by atoms with Gasteiger partial charge in [0.05, 0.1) is 26.4 Å². The molecule has 0 amide bonds. The number of hydrogen-bond acceptors (Lipinski definition) is 15. The molecule has 0 aromatic carbocycles. The number of aliphatic hydroxyl groups is 1. The number of carbonyl (C=O) groups excluding carboxylic acids is 4. The van der Waals surface area contributed by atoms with Crippen LogP contribution < -0.4 is 0 Å². The van der Waals surface area contributed by atoms with Gasteiger partial charge in [0.1, 0.15) is 19.3 Å². The topological polar surface area (TPSA) is 237 Å². The first kappa shape index (κ1) is 88.1. The molecule has 0 heterocycles. The zero-order valence-electron chi connectivity index (χ0n) is 58.8. The summed E-state index contributed by atoms with van der Waals surface area (Å²) >= 11 is 0. The van der Waals surface area contributed by atoms with E-state index < -0.39 is 97.5 Å². The maximum absolute atomic E-state index is 13.0. The van der Waals surface area contributed by atoms with Crippen molar-refractivity contribution >= 4 is 39.5 Å². The number of ether oxygens (including phenoxy) is 4. The van der Waals surface area contributed by atoms with E-state index in [0.717, 1.165) is 114 Å². The minimum absolute atomic E-state index is 0.104. The van der Waals surface area contributed by atoms with Gasteiger partial charge in [-0.1, -0.05) is 299 Å². The van der Waals surface area contributed by atoms with E-state index in [1.54, 1.807) is 0 Å². The van der Waals surface area contributed by atoms with E-state index in [1.807, 2.05) is 0 Å². The molecule has 90 heavy (non-hydrogen) atoms. The van der Waals surface area contributed by atoms with Gasteiger partial charge in [-0.05, 0) is 49.4 Å². The van der Waals surface area contributed by atoms with Crippen LogP contribution in [0.15, 0.2) is 0 Å². The fourth-order valence-corrected chi connectivity index (χ4v) is 12.2. The molecule has 0 radical (unpaired) electrons. The molecule has 0 saturated carbocycles. The SMILES string of the molecule is CC(C)CCCCCCCCCCCCCCCCC(=O)O[C@H](COC(=O)CCCCCCCCCCC(C)C)COP(=O)(O)OC[C@@H](O)COP(=O)(O)OC[C@@H](COC(=O)CCCCCCCCC(C)C)OC(=O)CCCCCCCCCCCCC(C)C. The number of aliphatic hydroxyl groups excluding tert-OH is 1. The summed E-state index contributed by atoms with van der Waals surface area (Å²) in [6.45, 7) is 14.1. The fraction of sp³-hybridized carbons (Fsp3) is 0.944. The summed E-state index contributed by atoms with van der Waals surface area (Å²) in [5.41, 5.74) is 0. The Bertz CT molecular complexity index is 1780. The number of hydrogen-bond donors (Lipinski definition) is 3. The van der Waals surface area contributed by atoms with Crippen LogP contribution in [0.2, 0.25) is 0 Å². The van der Waals surface area contributed by atoms with Gasteiger partial charge in [0, 0.05) is 25.7 Å². The van der Waals surface area contributed by atoms with E-state index in [9.17, 15) is 43.2 Å². The van der Waals surface area contributed by atoms with E-state index in [2.05, 4.69) is 55.4 Å². The summed E-state index contributed by atoms with van der Waals surface area (Å²) in [4.78, 5) is 72.5. The fourth-order valence-electron chi connectivity index (χ4n) is 10.7. The first-order chi connectivity index (χ1) is 43.1. The lowest BCUT2D eigenvalue weighted by Crippen LogP contribution is -2.30. The van der Waals surface area contributed by atoms with Crippen LogP contribution in [0.25, 0.3) is 0 Å². The standard InChI is InChI=1S/C71H138O17P2/c1-61(2)47-39-31-23-17-13-11-9-10-12-14-19-27-37-45-53-70(75)87-66(57-81-68(73)51-43-35-26-22-21-25-33-41-49-63(5)6)59-85-89(77,78)83-55-65(72)56-84-90(79,80)86-60-67(58-82-69(74)52-44-36-30-29-34-42-50-64(7)8)88-71(76)54-46-38-28-20-16-15-18-24-32-40-48-62(3)4/h61-67,72H,9-60H2,1-8H3,(H,77,78)(H,79,80)/t65-,66-,67-/m1/s1. The van der Waals surface area contributed by atoms with Gasteiger partial charge in [-0.3, -0.25) is 37.3 Å². The average molecular weight is 1330 g/mol. The molecule has 534 valence electrons. The molecule has 17 nitrogen and oxygen atoms in total. The normalized spacial score (nSPS) is 14.3. The van der Waals surface area contributed by atoms with Crippen molar-refractivity contribution in [2.24, 2.45) is 23.7 Å². The molecule has 3 N–H and O–H groups in total. The summed E-state index contributed by atoms with van der Waals surface area (Å²) in [5, 5.41) is 10.6. The largest absolute Gasteiger partial charge is 0.472 e. The van der Waals surface area contributed by atoms with E-state index in [-0.39, 0.29) is 25.7 Å². The second-order valence-electron chi connectivity index (χ2n) is 27.5. The molecule has 5 atom stereocenters. The third-order valence-electron chi connectivity index (χ3n) is 16.3. The Balaban J connectivity index is 5.23. The Morgan fingerprint density at radius 1 is 0.278 bits per heavy atom. The minimum atomic E-state index is -4.95. The van der Waals surface area contributed by atoms with Crippen LogP contribution in [0.1, 0.15) is 351 Å². The Labute approximate surface area is 549 Å². The van der Waals surface area contributed by atoms with Crippen LogP contribution in [0.4, 0.5) is 0 Å². The summed E-state index contributed by atoms with van der Waals surface area (Å²) in [6.07, 6.45) is 43.2. The van der Waals surface area contributed by atoms with Crippen molar-refractivity contribution in [2.75, 3.05) is 39.6 Å². The highest BCUT2D eigenvalue weighted by Gasteiger charge is 2.30.